The van der Waals surface area contributed by atoms with Crippen LogP contribution in [-0.4, -0.2) is 38.5 Å². The molecule has 2 bridgehead atoms. The number of imide groups is 1. The minimum absolute atomic E-state index is 0.115. The fraction of sp³-hybridized carbons (Fsp3) is 0.226. The lowest BCUT2D eigenvalue weighted by Crippen LogP contribution is -2.50. The van der Waals surface area contributed by atoms with Gasteiger partial charge in [-0.2, -0.15) is 0 Å². The number of carbonyl (C=O) groups excluding carboxylic acids is 3. The highest BCUT2D eigenvalue weighted by Gasteiger charge is 2.67. The Bertz CT molecular complexity index is 1760. The maximum absolute atomic E-state index is 14.0. The Labute approximate surface area is 238 Å². The van der Waals surface area contributed by atoms with E-state index >= 15 is 0 Å². The quantitative estimate of drug-likeness (QED) is 0.286. The van der Waals surface area contributed by atoms with Crippen molar-refractivity contribution in [3.63, 3.8) is 0 Å². The zero-order valence-electron chi connectivity index (χ0n) is 21.8. The molecule has 1 saturated heterocycles. The molecule has 9 heteroatoms. The molecule has 2 heterocycles. The molecule has 1 N–H and O–H groups in total. The number of benzene rings is 3. The number of anilines is 1. The first-order chi connectivity index (χ1) is 19.2. The molecule has 0 unspecified atom stereocenters. The third-order valence-corrected chi connectivity index (χ3v) is 10.1. The Hall–Kier alpha value is -4.24. The van der Waals surface area contributed by atoms with Gasteiger partial charge in [0.1, 0.15) is 12.2 Å². The Morgan fingerprint density at radius 2 is 1.45 bits per heavy atom. The van der Waals surface area contributed by atoms with E-state index in [0.717, 1.165) is 27.2 Å². The van der Waals surface area contributed by atoms with Gasteiger partial charge in [-0.3, -0.25) is 28.8 Å². The lowest BCUT2D eigenvalue weighted by molar-refractivity contribution is -0.142. The number of likely N-dealkylation sites (tertiary alicyclic amines) is 1. The maximum atomic E-state index is 14.0. The SMILES string of the molecule is Cc1c(NC(=O)CN2C(=O)[C@H]3C4c5ccccc5C(Br)(c5ccccc54)[C@H]3C2=O)c(=O)n(-c2ccccc2)n1C. The summed E-state index contributed by atoms with van der Waals surface area (Å²) in [6, 6.07) is 24.9. The second kappa shape index (κ2) is 8.63. The molecule has 3 amide bonds. The van der Waals surface area contributed by atoms with E-state index in [0.29, 0.717) is 11.4 Å². The highest BCUT2D eigenvalue weighted by molar-refractivity contribution is 9.09. The molecule has 200 valence electrons. The molecular weight excluding hydrogens is 572 g/mol. The number of nitrogens with one attached hydrogen (secondary N) is 1. The average Bonchev–Trinajstić information content (AvgIpc) is 3.34. The van der Waals surface area contributed by atoms with Crippen molar-refractivity contribution in [1.82, 2.24) is 14.3 Å². The summed E-state index contributed by atoms with van der Waals surface area (Å²) >= 11 is 3.96. The lowest BCUT2D eigenvalue weighted by atomic mass is 9.55. The van der Waals surface area contributed by atoms with Gasteiger partial charge < -0.3 is 5.32 Å². The number of hydrogen-bond donors (Lipinski definition) is 1. The fourth-order valence-electron chi connectivity index (χ4n) is 6.93. The van der Waals surface area contributed by atoms with Gasteiger partial charge in [-0.25, -0.2) is 4.68 Å². The van der Waals surface area contributed by atoms with Crippen molar-refractivity contribution in [2.45, 2.75) is 17.2 Å². The molecule has 4 aromatic rings. The molecule has 8 nitrogen and oxygen atoms in total. The zero-order chi connectivity index (χ0) is 27.9. The van der Waals surface area contributed by atoms with E-state index in [1.165, 1.54) is 4.68 Å². The molecule has 0 radical (unpaired) electrons. The summed E-state index contributed by atoms with van der Waals surface area (Å²) in [6.07, 6.45) is 0. The van der Waals surface area contributed by atoms with Gasteiger partial charge in [-0.15, -0.1) is 0 Å². The number of halogens is 1. The van der Waals surface area contributed by atoms with Gasteiger partial charge in [-0.1, -0.05) is 82.7 Å². The van der Waals surface area contributed by atoms with Gasteiger partial charge >= 0.3 is 0 Å². The minimum atomic E-state index is -0.878. The van der Waals surface area contributed by atoms with Gasteiger partial charge in [0.2, 0.25) is 17.7 Å². The van der Waals surface area contributed by atoms with Crippen LogP contribution in [0.15, 0.2) is 83.7 Å². The van der Waals surface area contributed by atoms with E-state index in [9.17, 15) is 19.2 Å². The number of para-hydroxylation sites is 1. The van der Waals surface area contributed by atoms with Crippen LogP contribution in [0.5, 0.6) is 0 Å². The molecular formula is C31H25BrN4O4. The van der Waals surface area contributed by atoms with Crippen LogP contribution in [-0.2, 0) is 25.8 Å². The van der Waals surface area contributed by atoms with E-state index < -0.39 is 34.2 Å². The molecule has 0 spiro atoms. The average molecular weight is 597 g/mol. The first kappa shape index (κ1) is 24.8. The van der Waals surface area contributed by atoms with Crippen LogP contribution < -0.4 is 10.9 Å². The van der Waals surface area contributed by atoms with Crippen molar-refractivity contribution < 1.29 is 14.4 Å². The molecule has 8 rings (SSSR count). The van der Waals surface area contributed by atoms with E-state index in [1.807, 2.05) is 66.7 Å². The summed E-state index contributed by atoms with van der Waals surface area (Å²) in [6.45, 7) is 1.27. The van der Waals surface area contributed by atoms with E-state index in [-0.39, 0.29) is 23.4 Å². The lowest BCUT2D eigenvalue weighted by Gasteiger charge is -2.51. The van der Waals surface area contributed by atoms with Gasteiger partial charge in [0, 0.05) is 13.0 Å². The number of alkyl halides is 1. The smallest absolute Gasteiger partial charge is 0.295 e. The van der Waals surface area contributed by atoms with Crippen LogP contribution in [0.25, 0.3) is 5.69 Å². The fourth-order valence-corrected chi connectivity index (χ4v) is 8.13. The number of nitrogens with zero attached hydrogens (tertiary/aromatic N) is 3. The van der Waals surface area contributed by atoms with Gasteiger partial charge in [0.05, 0.1) is 27.5 Å². The van der Waals surface area contributed by atoms with Crippen LogP contribution in [0, 0.1) is 18.8 Å². The van der Waals surface area contributed by atoms with E-state index in [1.54, 1.807) is 30.8 Å². The molecule has 40 heavy (non-hydrogen) atoms. The highest BCUT2D eigenvalue weighted by Crippen LogP contribution is 2.66. The molecule has 3 aromatic carbocycles. The third-order valence-electron chi connectivity index (χ3n) is 8.73. The predicted octanol–water partition coefficient (Wildman–Crippen LogP) is 3.82. The number of rotatable bonds is 4. The number of aromatic nitrogens is 2. The Balaban J connectivity index is 1.22. The molecule has 2 atom stereocenters. The van der Waals surface area contributed by atoms with E-state index in [2.05, 4.69) is 21.2 Å². The summed E-state index contributed by atoms with van der Waals surface area (Å²) in [5, 5.41) is 2.69. The van der Waals surface area contributed by atoms with Crippen LogP contribution >= 0.6 is 15.9 Å². The van der Waals surface area contributed by atoms with E-state index in [4.69, 9.17) is 0 Å². The zero-order valence-corrected chi connectivity index (χ0v) is 23.4. The second-order valence-corrected chi connectivity index (χ2v) is 11.9. The van der Waals surface area contributed by atoms with Crippen molar-refractivity contribution in [1.29, 1.82) is 0 Å². The second-order valence-electron chi connectivity index (χ2n) is 10.6. The van der Waals surface area contributed by atoms with Gasteiger partial charge in [0.15, 0.2) is 0 Å². The first-order valence-electron chi connectivity index (χ1n) is 13.1. The molecule has 1 aromatic heterocycles. The maximum Gasteiger partial charge on any atom is 0.295 e. The number of amides is 3. The van der Waals surface area contributed by atoms with Crippen molar-refractivity contribution >= 4 is 39.3 Å². The van der Waals surface area contributed by atoms with Gasteiger partial charge in [0.25, 0.3) is 5.56 Å². The summed E-state index contributed by atoms with van der Waals surface area (Å²) in [4.78, 5) is 55.5. The van der Waals surface area contributed by atoms with Crippen molar-refractivity contribution in [3.8, 4) is 5.69 Å². The van der Waals surface area contributed by atoms with Crippen molar-refractivity contribution in [3.05, 3.63) is 117 Å². The molecule has 0 saturated carbocycles. The third kappa shape index (κ3) is 3.12. The molecule has 1 fully saturated rings. The normalized spacial score (nSPS) is 24.1. The summed E-state index contributed by atoms with van der Waals surface area (Å²) in [7, 11) is 1.73. The standard InChI is InChI=1S/C31H25BrN4O4/c1-17-27(30(40)36(34(17)2)18-10-4-3-5-11-18)33-23(37)16-35-28(38)25-24-19-12-6-8-14-21(19)31(32,26(25)29(35)39)22-15-9-7-13-20(22)24/h3-15,24-26H,16H2,1-2H3,(H,33,37)/t24?,25-,26+,31?/m0/s1. The van der Waals surface area contributed by atoms with Gasteiger partial charge in [-0.05, 0) is 41.3 Å². The Morgan fingerprint density at radius 1 is 0.875 bits per heavy atom. The predicted molar refractivity (Wildman–Crippen MR) is 153 cm³/mol. The van der Waals surface area contributed by atoms with Crippen LogP contribution in [0.1, 0.15) is 33.9 Å². The Kier molecular flexibility index (Phi) is 5.34. The largest absolute Gasteiger partial charge is 0.318 e. The Morgan fingerprint density at radius 3 is 2.08 bits per heavy atom. The van der Waals surface area contributed by atoms with Crippen LogP contribution in [0.4, 0.5) is 5.69 Å². The molecule has 4 aliphatic rings. The summed E-state index contributed by atoms with van der Waals surface area (Å²) in [5.74, 6) is -2.94. The first-order valence-corrected chi connectivity index (χ1v) is 13.9. The summed E-state index contributed by atoms with van der Waals surface area (Å²) in [5.41, 5.74) is 4.94. The highest BCUT2D eigenvalue weighted by atomic mass is 79.9. The molecule has 1 aliphatic heterocycles. The number of carbonyl (C=O) groups is 3. The topological polar surface area (TPSA) is 93.4 Å². The molecule has 3 aliphatic carbocycles. The number of hydrogen-bond acceptors (Lipinski definition) is 4. The monoisotopic (exact) mass is 596 g/mol. The minimum Gasteiger partial charge on any atom is -0.318 e. The van der Waals surface area contributed by atoms with Crippen LogP contribution in [0.2, 0.25) is 0 Å². The van der Waals surface area contributed by atoms with Crippen LogP contribution in [0.3, 0.4) is 0 Å². The summed E-state index contributed by atoms with van der Waals surface area (Å²) < 4.78 is 2.25. The van der Waals surface area contributed by atoms with Crippen molar-refractivity contribution in [2.24, 2.45) is 18.9 Å². The van der Waals surface area contributed by atoms with Crippen molar-refractivity contribution in [2.75, 3.05) is 11.9 Å².